The van der Waals surface area contributed by atoms with E-state index in [9.17, 15) is 4.79 Å². The van der Waals surface area contributed by atoms with Gasteiger partial charge in [0.2, 0.25) is 11.1 Å². The first-order valence-electron chi connectivity index (χ1n) is 11.4. The second-order valence-electron chi connectivity index (χ2n) is 8.37. The van der Waals surface area contributed by atoms with Crippen LogP contribution in [0, 0.1) is 0 Å². The van der Waals surface area contributed by atoms with Crippen LogP contribution in [-0.4, -0.2) is 38.0 Å². The monoisotopic (exact) mass is 449 g/mol. The quantitative estimate of drug-likeness (QED) is 0.387. The maximum atomic E-state index is 13.2. The number of thioether (sulfide) groups is 1. The molecule has 0 saturated heterocycles. The number of carbonyl (C=O) groups excluding carboxylic acids is 1. The molecule has 1 aromatic heterocycles. The number of carbonyl (C=O) groups is 1. The molecule has 0 spiro atoms. The predicted octanol–water partition coefficient (Wildman–Crippen LogP) is 4.40. The molecule has 7 heteroatoms. The molecule has 6 nitrogen and oxygen atoms in total. The molecule has 1 fully saturated rings. The molecule has 32 heavy (non-hydrogen) atoms. The van der Waals surface area contributed by atoms with Gasteiger partial charge in [-0.1, -0.05) is 91.7 Å². The molecule has 1 amide bonds. The van der Waals surface area contributed by atoms with Crippen molar-refractivity contribution in [3.8, 4) is 0 Å². The van der Waals surface area contributed by atoms with Gasteiger partial charge < -0.3 is 10.7 Å². The topological polar surface area (TPSA) is 77.0 Å². The van der Waals surface area contributed by atoms with Crippen molar-refractivity contribution < 1.29 is 4.79 Å². The summed E-state index contributed by atoms with van der Waals surface area (Å²) < 4.78 is 1.60. The van der Waals surface area contributed by atoms with E-state index < -0.39 is 0 Å². The van der Waals surface area contributed by atoms with Gasteiger partial charge in [-0.3, -0.25) is 4.79 Å². The highest BCUT2D eigenvalue weighted by Gasteiger charge is 2.23. The average molecular weight is 450 g/mol. The van der Waals surface area contributed by atoms with E-state index >= 15 is 0 Å². The van der Waals surface area contributed by atoms with Crippen molar-refractivity contribution in [2.75, 3.05) is 18.1 Å². The van der Waals surface area contributed by atoms with Crippen molar-refractivity contribution in [3.05, 3.63) is 77.6 Å². The first-order chi connectivity index (χ1) is 15.7. The fraction of sp³-hybridized carbons (Fsp3) is 0.400. The molecular formula is C25H31N5OS. The summed E-state index contributed by atoms with van der Waals surface area (Å²) in [6, 6.07) is 20.4. The van der Waals surface area contributed by atoms with Gasteiger partial charge in [-0.2, -0.15) is 0 Å². The Labute approximate surface area is 194 Å². The van der Waals surface area contributed by atoms with Crippen LogP contribution < -0.4 is 5.84 Å². The fourth-order valence-electron chi connectivity index (χ4n) is 4.25. The van der Waals surface area contributed by atoms with E-state index in [-0.39, 0.29) is 5.91 Å². The normalized spacial score (nSPS) is 14.4. The molecule has 2 aromatic carbocycles. The van der Waals surface area contributed by atoms with Gasteiger partial charge in [0.05, 0.1) is 5.75 Å². The van der Waals surface area contributed by atoms with Crippen molar-refractivity contribution in [1.29, 1.82) is 0 Å². The van der Waals surface area contributed by atoms with E-state index in [2.05, 4.69) is 34.5 Å². The average Bonchev–Trinajstić information content (AvgIpc) is 3.22. The Morgan fingerprint density at radius 2 is 1.62 bits per heavy atom. The van der Waals surface area contributed by atoms with Gasteiger partial charge in [0.15, 0.2) is 5.82 Å². The maximum absolute atomic E-state index is 13.2. The molecule has 1 saturated carbocycles. The van der Waals surface area contributed by atoms with E-state index in [1.165, 1.54) is 36.6 Å². The molecule has 3 aromatic rings. The van der Waals surface area contributed by atoms with Crippen LogP contribution in [0.25, 0.3) is 0 Å². The predicted molar refractivity (Wildman–Crippen MR) is 129 cm³/mol. The van der Waals surface area contributed by atoms with Crippen molar-refractivity contribution in [1.82, 2.24) is 19.8 Å². The lowest BCUT2D eigenvalue weighted by atomic mass is 9.89. The number of benzene rings is 2. The Bertz CT molecular complexity index is 986. The largest absolute Gasteiger partial charge is 0.337 e. The minimum atomic E-state index is 0.0806. The van der Waals surface area contributed by atoms with E-state index in [1.54, 1.807) is 4.68 Å². The van der Waals surface area contributed by atoms with Gasteiger partial charge in [-0.25, -0.2) is 4.68 Å². The third-order valence-corrected chi connectivity index (χ3v) is 7.00. The number of aromatic nitrogens is 3. The van der Waals surface area contributed by atoms with Crippen LogP contribution in [0.15, 0.2) is 65.8 Å². The summed E-state index contributed by atoms with van der Waals surface area (Å²) in [6.07, 6.45) is 6.77. The highest BCUT2D eigenvalue weighted by molar-refractivity contribution is 7.99. The standard InChI is InChI=1S/C25H31N5OS/c26-30-24(22-14-8-3-9-15-22)27-28-25(30)32-19-23(31)29(18-21-12-6-2-7-13-21)17-16-20-10-4-1-5-11-20/h1-2,4-7,10-13,22H,3,8-9,14-19,26H2. The van der Waals surface area contributed by atoms with E-state index in [0.29, 0.717) is 29.9 Å². The Morgan fingerprint density at radius 3 is 2.31 bits per heavy atom. The molecule has 4 rings (SSSR count). The molecule has 1 aliphatic rings. The number of hydrogen-bond acceptors (Lipinski definition) is 5. The molecule has 168 valence electrons. The van der Waals surface area contributed by atoms with Gasteiger partial charge >= 0.3 is 0 Å². The second-order valence-corrected chi connectivity index (χ2v) is 9.31. The number of nitrogen functional groups attached to an aromatic ring is 1. The lowest BCUT2D eigenvalue weighted by Gasteiger charge is -2.23. The molecule has 0 radical (unpaired) electrons. The highest BCUT2D eigenvalue weighted by atomic mass is 32.2. The minimum Gasteiger partial charge on any atom is -0.337 e. The Hall–Kier alpha value is -2.80. The second kappa shape index (κ2) is 11.2. The zero-order valence-electron chi connectivity index (χ0n) is 18.4. The van der Waals surface area contributed by atoms with E-state index in [1.807, 2.05) is 41.3 Å². The number of hydrogen-bond donors (Lipinski definition) is 1. The molecule has 0 unspecified atom stereocenters. The summed E-state index contributed by atoms with van der Waals surface area (Å²) in [5.74, 6) is 7.91. The van der Waals surface area contributed by atoms with Crippen LogP contribution in [-0.2, 0) is 17.8 Å². The van der Waals surface area contributed by atoms with Crippen LogP contribution >= 0.6 is 11.8 Å². The zero-order valence-corrected chi connectivity index (χ0v) is 19.2. The molecular weight excluding hydrogens is 418 g/mol. The van der Waals surface area contributed by atoms with Crippen molar-refractivity contribution in [2.45, 2.75) is 56.1 Å². The maximum Gasteiger partial charge on any atom is 0.233 e. The summed E-state index contributed by atoms with van der Waals surface area (Å²) in [5, 5.41) is 9.24. The van der Waals surface area contributed by atoms with Gasteiger partial charge in [0.1, 0.15) is 0 Å². The Balaban J connectivity index is 1.39. The lowest BCUT2D eigenvalue weighted by Crippen LogP contribution is -2.34. The third-order valence-electron chi connectivity index (χ3n) is 6.07. The van der Waals surface area contributed by atoms with Gasteiger partial charge in [0.25, 0.3) is 0 Å². The van der Waals surface area contributed by atoms with E-state index in [0.717, 1.165) is 30.7 Å². The van der Waals surface area contributed by atoms with Crippen LogP contribution in [0.1, 0.15) is 55.0 Å². The summed E-state index contributed by atoms with van der Waals surface area (Å²) >= 11 is 1.37. The summed E-state index contributed by atoms with van der Waals surface area (Å²) in [5.41, 5.74) is 2.35. The molecule has 0 atom stereocenters. The molecule has 1 heterocycles. The fourth-order valence-corrected chi connectivity index (χ4v) is 5.01. The third kappa shape index (κ3) is 5.91. The van der Waals surface area contributed by atoms with Crippen LogP contribution in [0.5, 0.6) is 0 Å². The van der Waals surface area contributed by atoms with Crippen molar-refractivity contribution in [2.24, 2.45) is 0 Å². The highest BCUT2D eigenvalue weighted by Crippen LogP contribution is 2.32. The van der Waals surface area contributed by atoms with Crippen molar-refractivity contribution >= 4 is 17.7 Å². The molecule has 1 aliphatic carbocycles. The Morgan fingerprint density at radius 1 is 0.969 bits per heavy atom. The molecule has 0 bridgehead atoms. The van der Waals surface area contributed by atoms with Crippen LogP contribution in [0.3, 0.4) is 0 Å². The molecule has 0 aliphatic heterocycles. The van der Waals surface area contributed by atoms with E-state index in [4.69, 9.17) is 5.84 Å². The summed E-state index contributed by atoms with van der Waals surface area (Å²) in [6.45, 7) is 1.26. The first kappa shape index (κ1) is 22.4. The number of nitrogens with two attached hydrogens (primary N) is 1. The van der Waals surface area contributed by atoms with Crippen LogP contribution in [0.2, 0.25) is 0 Å². The van der Waals surface area contributed by atoms with Gasteiger partial charge in [0, 0.05) is 19.0 Å². The SMILES string of the molecule is Nn1c(SCC(=O)N(CCc2ccccc2)Cc2ccccc2)nnc1C1CCCCC1. The Kier molecular flexibility index (Phi) is 7.82. The summed E-state index contributed by atoms with van der Waals surface area (Å²) in [7, 11) is 0. The van der Waals surface area contributed by atoms with Gasteiger partial charge in [-0.05, 0) is 30.4 Å². The zero-order chi connectivity index (χ0) is 22.2. The smallest absolute Gasteiger partial charge is 0.233 e. The van der Waals surface area contributed by atoms with Crippen LogP contribution in [0.4, 0.5) is 0 Å². The number of amides is 1. The first-order valence-corrected chi connectivity index (χ1v) is 12.4. The molecule has 2 N–H and O–H groups in total. The van der Waals surface area contributed by atoms with Crippen molar-refractivity contribution in [3.63, 3.8) is 0 Å². The van der Waals surface area contributed by atoms with Gasteiger partial charge in [-0.15, -0.1) is 10.2 Å². The lowest BCUT2D eigenvalue weighted by molar-refractivity contribution is -0.128. The number of nitrogens with zero attached hydrogens (tertiary/aromatic N) is 4. The minimum absolute atomic E-state index is 0.0806. The number of rotatable bonds is 9. The summed E-state index contributed by atoms with van der Waals surface area (Å²) in [4.78, 5) is 15.1.